The van der Waals surface area contributed by atoms with Crippen molar-refractivity contribution in [2.45, 2.75) is 19.1 Å². The van der Waals surface area contributed by atoms with Gasteiger partial charge in [0, 0.05) is 32.2 Å². The van der Waals surface area contributed by atoms with E-state index in [0.717, 1.165) is 31.7 Å². The lowest BCUT2D eigenvalue weighted by Crippen LogP contribution is -2.50. The van der Waals surface area contributed by atoms with Gasteiger partial charge in [0.2, 0.25) is 0 Å². The Labute approximate surface area is 97.1 Å². The zero-order chi connectivity index (χ0) is 11.4. The first-order chi connectivity index (χ1) is 7.75. The molecule has 0 amide bonds. The normalized spacial score (nSPS) is 24.2. The number of hydrogen-bond acceptors (Lipinski definition) is 3. The molecular formula is C13H20N2O. The third kappa shape index (κ3) is 3.04. The van der Waals surface area contributed by atoms with Crippen molar-refractivity contribution < 1.29 is 5.11 Å². The topological polar surface area (TPSA) is 35.5 Å². The standard InChI is InChI=1S/C13H20N2O/c1-11-9-15(8-7-14-11)10-13(16)12-5-3-2-4-6-12/h2-6,11,13-14,16H,7-10H2,1H3/t11-,13?/m1/s1. The summed E-state index contributed by atoms with van der Waals surface area (Å²) in [5, 5.41) is 13.5. The molecule has 1 unspecified atom stereocenters. The maximum atomic E-state index is 10.1. The number of aliphatic hydroxyl groups is 1. The van der Waals surface area contributed by atoms with Crippen LogP contribution in [0, 0.1) is 0 Å². The molecule has 1 fully saturated rings. The quantitative estimate of drug-likeness (QED) is 0.798. The fraction of sp³-hybridized carbons (Fsp3) is 0.538. The summed E-state index contributed by atoms with van der Waals surface area (Å²) in [6.07, 6.45) is -0.369. The summed E-state index contributed by atoms with van der Waals surface area (Å²) in [5.41, 5.74) is 1.01. The minimum Gasteiger partial charge on any atom is -0.387 e. The summed E-state index contributed by atoms with van der Waals surface area (Å²) in [6.45, 7) is 5.97. The van der Waals surface area contributed by atoms with Gasteiger partial charge in [0.15, 0.2) is 0 Å². The van der Waals surface area contributed by atoms with E-state index in [0.29, 0.717) is 6.04 Å². The van der Waals surface area contributed by atoms with Crippen molar-refractivity contribution in [3.8, 4) is 0 Å². The van der Waals surface area contributed by atoms with Crippen molar-refractivity contribution in [1.82, 2.24) is 10.2 Å². The molecule has 1 saturated heterocycles. The van der Waals surface area contributed by atoms with E-state index >= 15 is 0 Å². The zero-order valence-corrected chi connectivity index (χ0v) is 9.76. The molecule has 1 aromatic rings. The van der Waals surface area contributed by atoms with Crippen molar-refractivity contribution in [3.05, 3.63) is 35.9 Å². The largest absolute Gasteiger partial charge is 0.387 e. The van der Waals surface area contributed by atoms with Gasteiger partial charge in [-0.05, 0) is 12.5 Å². The second-order valence-corrected chi connectivity index (χ2v) is 4.54. The number of benzene rings is 1. The van der Waals surface area contributed by atoms with Gasteiger partial charge in [-0.1, -0.05) is 30.3 Å². The molecule has 0 aliphatic carbocycles. The van der Waals surface area contributed by atoms with E-state index in [-0.39, 0.29) is 6.10 Å². The van der Waals surface area contributed by atoms with Crippen LogP contribution in [-0.2, 0) is 0 Å². The second-order valence-electron chi connectivity index (χ2n) is 4.54. The van der Waals surface area contributed by atoms with Gasteiger partial charge < -0.3 is 10.4 Å². The predicted octanol–water partition coefficient (Wildman–Crippen LogP) is 1.01. The Bertz CT molecular complexity index is 315. The lowest BCUT2D eigenvalue weighted by atomic mass is 10.1. The van der Waals surface area contributed by atoms with Gasteiger partial charge in [-0.2, -0.15) is 0 Å². The van der Waals surface area contributed by atoms with Crippen molar-refractivity contribution >= 4 is 0 Å². The number of nitrogens with zero attached hydrogens (tertiary/aromatic N) is 1. The molecule has 1 aliphatic rings. The van der Waals surface area contributed by atoms with Gasteiger partial charge in [0.1, 0.15) is 0 Å². The van der Waals surface area contributed by atoms with E-state index in [1.807, 2.05) is 30.3 Å². The number of piperazine rings is 1. The number of hydrogen-bond donors (Lipinski definition) is 2. The number of rotatable bonds is 3. The molecule has 0 spiro atoms. The van der Waals surface area contributed by atoms with E-state index in [1.54, 1.807) is 0 Å². The highest BCUT2D eigenvalue weighted by Gasteiger charge is 2.18. The van der Waals surface area contributed by atoms with Crippen LogP contribution in [0.2, 0.25) is 0 Å². The van der Waals surface area contributed by atoms with Crippen molar-refractivity contribution in [2.24, 2.45) is 0 Å². The van der Waals surface area contributed by atoms with Crippen molar-refractivity contribution in [1.29, 1.82) is 0 Å². The molecular weight excluding hydrogens is 200 g/mol. The Morgan fingerprint density at radius 3 is 2.88 bits per heavy atom. The first-order valence-corrected chi connectivity index (χ1v) is 5.94. The Kier molecular flexibility index (Phi) is 3.93. The maximum Gasteiger partial charge on any atom is 0.0916 e. The molecule has 1 heterocycles. The van der Waals surface area contributed by atoms with Gasteiger partial charge in [-0.25, -0.2) is 0 Å². The SMILES string of the molecule is C[C@@H]1CN(CC(O)c2ccccc2)CCN1. The Morgan fingerprint density at radius 1 is 1.44 bits per heavy atom. The van der Waals surface area contributed by atoms with Gasteiger partial charge in [0.25, 0.3) is 0 Å². The van der Waals surface area contributed by atoms with Gasteiger partial charge in [-0.15, -0.1) is 0 Å². The molecule has 1 aromatic carbocycles. The summed E-state index contributed by atoms with van der Waals surface area (Å²) in [6, 6.07) is 10.4. The van der Waals surface area contributed by atoms with E-state index in [4.69, 9.17) is 0 Å². The van der Waals surface area contributed by atoms with Crippen LogP contribution in [0.1, 0.15) is 18.6 Å². The molecule has 16 heavy (non-hydrogen) atoms. The van der Waals surface area contributed by atoms with Crippen molar-refractivity contribution in [3.63, 3.8) is 0 Å². The predicted molar refractivity (Wildman–Crippen MR) is 65.3 cm³/mol. The van der Waals surface area contributed by atoms with Crippen LogP contribution in [0.5, 0.6) is 0 Å². The van der Waals surface area contributed by atoms with Crippen LogP contribution in [0.3, 0.4) is 0 Å². The van der Waals surface area contributed by atoms with Crippen molar-refractivity contribution in [2.75, 3.05) is 26.2 Å². The summed E-state index contributed by atoms with van der Waals surface area (Å²) in [5.74, 6) is 0. The first kappa shape index (κ1) is 11.6. The monoisotopic (exact) mass is 220 g/mol. The molecule has 2 atom stereocenters. The highest BCUT2D eigenvalue weighted by atomic mass is 16.3. The highest BCUT2D eigenvalue weighted by molar-refractivity contribution is 5.17. The van der Waals surface area contributed by atoms with Crippen LogP contribution in [0.25, 0.3) is 0 Å². The molecule has 0 saturated carbocycles. The molecule has 2 N–H and O–H groups in total. The van der Waals surface area contributed by atoms with Crippen LogP contribution in [-0.4, -0.2) is 42.2 Å². The van der Waals surface area contributed by atoms with Gasteiger partial charge in [-0.3, -0.25) is 4.90 Å². The third-order valence-electron chi connectivity index (χ3n) is 3.07. The summed E-state index contributed by atoms with van der Waals surface area (Å²) >= 11 is 0. The average molecular weight is 220 g/mol. The van der Waals surface area contributed by atoms with E-state index in [9.17, 15) is 5.11 Å². The van der Waals surface area contributed by atoms with E-state index < -0.39 is 0 Å². The summed E-state index contributed by atoms with van der Waals surface area (Å²) < 4.78 is 0. The minimum atomic E-state index is -0.369. The smallest absolute Gasteiger partial charge is 0.0916 e. The molecule has 3 nitrogen and oxygen atoms in total. The number of β-amino-alcohol motifs (C(OH)–C–C–N with tert-alkyl or cyclic N) is 1. The maximum absolute atomic E-state index is 10.1. The summed E-state index contributed by atoms with van der Waals surface area (Å²) in [7, 11) is 0. The fourth-order valence-corrected chi connectivity index (χ4v) is 2.20. The molecule has 2 rings (SSSR count). The fourth-order valence-electron chi connectivity index (χ4n) is 2.20. The Hall–Kier alpha value is -0.900. The van der Waals surface area contributed by atoms with Gasteiger partial charge >= 0.3 is 0 Å². The molecule has 3 heteroatoms. The highest BCUT2D eigenvalue weighted by Crippen LogP contribution is 2.14. The molecule has 0 bridgehead atoms. The zero-order valence-electron chi connectivity index (χ0n) is 9.76. The third-order valence-corrected chi connectivity index (χ3v) is 3.07. The second kappa shape index (κ2) is 5.43. The van der Waals surface area contributed by atoms with E-state index in [2.05, 4.69) is 17.1 Å². The van der Waals surface area contributed by atoms with Crippen LogP contribution >= 0.6 is 0 Å². The van der Waals surface area contributed by atoms with Gasteiger partial charge in [0.05, 0.1) is 6.10 Å². The first-order valence-electron chi connectivity index (χ1n) is 5.94. The molecule has 88 valence electrons. The van der Waals surface area contributed by atoms with Crippen LogP contribution in [0.15, 0.2) is 30.3 Å². The summed E-state index contributed by atoms with van der Waals surface area (Å²) in [4.78, 5) is 2.32. The Morgan fingerprint density at radius 2 is 2.19 bits per heavy atom. The van der Waals surface area contributed by atoms with Crippen LogP contribution < -0.4 is 5.32 Å². The number of nitrogens with one attached hydrogen (secondary N) is 1. The van der Waals surface area contributed by atoms with Crippen LogP contribution in [0.4, 0.5) is 0 Å². The molecule has 0 radical (unpaired) electrons. The molecule has 0 aromatic heterocycles. The lowest BCUT2D eigenvalue weighted by Gasteiger charge is -2.33. The Balaban J connectivity index is 1.89. The average Bonchev–Trinajstić information content (AvgIpc) is 2.30. The molecule has 1 aliphatic heterocycles. The lowest BCUT2D eigenvalue weighted by molar-refractivity contribution is 0.0962. The van der Waals surface area contributed by atoms with E-state index in [1.165, 1.54) is 0 Å². The number of aliphatic hydroxyl groups excluding tert-OH is 1. The minimum absolute atomic E-state index is 0.369.